The Morgan fingerprint density at radius 2 is 1.50 bits per heavy atom. The molecule has 0 saturated heterocycles. The van der Waals surface area contributed by atoms with E-state index in [1.165, 1.54) is 25.7 Å². The van der Waals surface area contributed by atoms with Crippen molar-refractivity contribution in [2.24, 2.45) is 16.3 Å². The normalized spacial score (nSPS) is 16.1. The minimum absolute atomic E-state index is 0. The van der Waals surface area contributed by atoms with Gasteiger partial charge in [-0.25, -0.2) is 0 Å². The van der Waals surface area contributed by atoms with Crippen LogP contribution in [0.25, 0.3) is 0 Å². The number of rotatable bonds is 3. The van der Waals surface area contributed by atoms with Crippen molar-refractivity contribution in [3.05, 3.63) is 0 Å². The first-order valence-electron chi connectivity index (χ1n) is 6.73. The van der Waals surface area contributed by atoms with Crippen molar-refractivity contribution in [3.8, 4) is 0 Å². The molecule has 1 aliphatic rings. The maximum atomic E-state index is 4.81. The Hall–Kier alpha value is 0. The molecule has 3 nitrogen and oxygen atoms in total. The summed E-state index contributed by atoms with van der Waals surface area (Å²) in [5.41, 5.74) is 0.341. The molecule has 0 unspecified atom stereocenters. The van der Waals surface area contributed by atoms with Crippen LogP contribution in [0.5, 0.6) is 0 Å². The molecule has 0 radical (unpaired) electrons. The Labute approximate surface area is 130 Å². The minimum Gasteiger partial charge on any atom is -0.349 e. The van der Waals surface area contributed by atoms with Crippen molar-refractivity contribution < 1.29 is 0 Å². The highest BCUT2D eigenvalue weighted by Gasteiger charge is 2.31. The maximum absolute atomic E-state index is 4.81. The van der Waals surface area contributed by atoms with Crippen LogP contribution in [-0.2, 0) is 0 Å². The molecule has 0 spiro atoms. The summed E-state index contributed by atoms with van der Waals surface area (Å²) in [5.74, 6) is 1.92. The van der Waals surface area contributed by atoms with Gasteiger partial charge in [0, 0.05) is 34.7 Å². The minimum atomic E-state index is 0. The van der Waals surface area contributed by atoms with Crippen LogP contribution in [0.3, 0.4) is 0 Å². The smallest absolute Gasteiger partial charge is 0.195 e. The van der Waals surface area contributed by atoms with Crippen molar-refractivity contribution in [1.82, 2.24) is 9.80 Å². The van der Waals surface area contributed by atoms with Gasteiger partial charge in [0.15, 0.2) is 5.96 Å². The van der Waals surface area contributed by atoms with Gasteiger partial charge in [-0.05, 0) is 24.2 Å². The third kappa shape index (κ3) is 4.94. The van der Waals surface area contributed by atoms with Crippen molar-refractivity contribution in [2.45, 2.75) is 39.5 Å². The molecule has 0 bridgehead atoms. The second-order valence-electron chi connectivity index (χ2n) is 6.38. The molecule has 4 heteroatoms. The SMILES string of the molecule is CN(C)C(=NCC(C)(C)C1CCCC1)N(C)C.I. The van der Waals surface area contributed by atoms with E-state index in [2.05, 4.69) is 51.8 Å². The number of aliphatic imine (C=N–C) groups is 1. The van der Waals surface area contributed by atoms with Gasteiger partial charge in [0.1, 0.15) is 0 Å². The van der Waals surface area contributed by atoms with Crippen LogP contribution in [0, 0.1) is 11.3 Å². The highest BCUT2D eigenvalue weighted by Crippen LogP contribution is 2.39. The van der Waals surface area contributed by atoms with Gasteiger partial charge < -0.3 is 9.80 Å². The molecule has 1 aliphatic carbocycles. The average Bonchev–Trinajstić information content (AvgIpc) is 2.69. The molecule has 0 amide bonds. The fourth-order valence-corrected chi connectivity index (χ4v) is 2.79. The van der Waals surface area contributed by atoms with E-state index in [0.29, 0.717) is 5.41 Å². The van der Waals surface area contributed by atoms with E-state index < -0.39 is 0 Å². The number of nitrogens with zero attached hydrogens (tertiary/aromatic N) is 3. The lowest BCUT2D eigenvalue weighted by Crippen LogP contribution is -2.37. The summed E-state index contributed by atoms with van der Waals surface area (Å²) < 4.78 is 0. The molecular formula is C14H30IN3. The second-order valence-corrected chi connectivity index (χ2v) is 6.38. The van der Waals surface area contributed by atoms with Gasteiger partial charge in [0.05, 0.1) is 0 Å². The molecule has 0 aromatic carbocycles. The Morgan fingerprint density at radius 1 is 1.06 bits per heavy atom. The van der Waals surface area contributed by atoms with Crippen molar-refractivity contribution >= 4 is 29.9 Å². The first kappa shape index (κ1) is 18.0. The first-order valence-corrected chi connectivity index (χ1v) is 6.73. The van der Waals surface area contributed by atoms with Crippen LogP contribution in [0.15, 0.2) is 4.99 Å². The molecule has 0 aromatic rings. The summed E-state index contributed by atoms with van der Waals surface area (Å²) in [4.78, 5) is 8.98. The van der Waals surface area contributed by atoms with Gasteiger partial charge in [-0.2, -0.15) is 0 Å². The number of hydrogen-bond acceptors (Lipinski definition) is 1. The van der Waals surface area contributed by atoms with Crippen LogP contribution in [0.2, 0.25) is 0 Å². The highest BCUT2D eigenvalue weighted by atomic mass is 127. The molecule has 0 aliphatic heterocycles. The topological polar surface area (TPSA) is 18.8 Å². The first-order chi connectivity index (χ1) is 7.84. The summed E-state index contributed by atoms with van der Waals surface area (Å²) in [6.45, 7) is 5.67. The monoisotopic (exact) mass is 367 g/mol. The van der Waals surface area contributed by atoms with Crippen LogP contribution in [0.1, 0.15) is 39.5 Å². The lowest BCUT2D eigenvalue weighted by molar-refractivity contribution is 0.226. The lowest BCUT2D eigenvalue weighted by Gasteiger charge is -2.31. The van der Waals surface area contributed by atoms with Gasteiger partial charge in [-0.15, -0.1) is 24.0 Å². The zero-order valence-corrected chi connectivity index (χ0v) is 15.2. The summed E-state index contributed by atoms with van der Waals surface area (Å²) in [7, 11) is 8.23. The van der Waals surface area contributed by atoms with Crippen LogP contribution >= 0.6 is 24.0 Å². The Bertz CT molecular complexity index is 256. The van der Waals surface area contributed by atoms with E-state index in [9.17, 15) is 0 Å². The van der Waals surface area contributed by atoms with Crippen LogP contribution < -0.4 is 0 Å². The number of guanidine groups is 1. The third-order valence-electron chi connectivity index (χ3n) is 3.89. The summed E-state index contributed by atoms with van der Waals surface area (Å²) in [6.07, 6.45) is 5.60. The van der Waals surface area contributed by atoms with E-state index in [1.54, 1.807) is 0 Å². The van der Waals surface area contributed by atoms with E-state index in [-0.39, 0.29) is 24.0 Å². The van der Waals surface area contributed by atoms with E-state index in [0.717, 1.165) is 18.4 Å². The molecule has 108 valence electrons. The molecule has 1 rings (SSSR count). The van der Waals surface area contributed by atoms with Gasteiger partial charge in [-0.1, -0.05) is 26.7 Å². The molecule has 0 atom stereocenters. The summed E-state index contributed by atoms with van der Waals surface area (Å²) in [5, 5.41) is 0. The van der Waals surface area contributed by atoms with Gasteiger partial charge in [0.25, 0.3) is 0 Å². The molecule has 18 heavy (non-hydrogen) atoms. The number of halogens is 1. The molecular weight excluding hydrogens is 337 g/mol. The number of hydrogen-bond donors (Lipinski definition) is 0. The van der Waals surface area contributed by atoms with Crippen molar-refractivity contribution in [2.75, 3.05) is 34.7 Å². The van der Waals surface area contributed by atoms with Crippen LogP contribution in [0.4, 0.5) is 0 Å². The zero-order valence-electron chi connectivity index (χ0n) is 12.9. The molecule has 1 fully saturated rings. The predicted molar refractivity (Wildman–Crippen MR) is 90.8 cm³/mol. The molecule has 1 saturated carbocycles. The van der Waals surface area contributed by atoms with Crippen molar-refractivity contribution in [1.29, 1.82) is 0 Å². The van der Waals surface area contributed by atoms with E-state index in [1.807, 2.05) is 0 Å². The quantitative estimate of drug-likeness (QED) is 0.433. The lowest BCUT2D eigenvalue weighted by atomic mass is 9.78. The van der Waals surface area contributed by atoms with Crippen molar-refractivity contribution in [3.63, 3.8) is 0 Å². The van der Waals surface area contributed by atoms with Crippen LogP contribution in [-0.4, -0.2) is 50.5 Å². The standard InChI is InChI=1S/C14H29N3.HI/c1-14(2,12-9-7-8-10-12)11-15-13(16(3)4)17(5)6;/h12H,7-11H2,1-6H3;1H. The Morgan fingerprint density at radius 3 is 1.89 bits per heavy atom. The summed E-state index contributed by atoms with van der Waals surface area (Å²) in [6, 6.07) is 0. The predicted octanol–water partition coefficient (Wildman–Crippen LogP) is 3.30. The molecule has 0 heterocycles. The fraction of sp³-hybridized carbons (Fsp3) is 0.929. The Kier molecular flexibility index (Phi) is 7.56. The molecule has 0 aromatic heterocycles. The zero-order chi connectivity index (χ0) is 13.1. The maximum Gasteiger partial charge on any atom is 0.195 e. The largest absolute Gasteiger partial charge is 0.349 e. The third-order valence-corrected chi connectivity index (χ3v) is 3.89. The fourth-order valence-electron chi connectivity index (χ4n) is 2.79. The van der Waals surface area contributed by atoms with E-state index in [4.69, 9.17) is 4.99 Å². The molecule has 0 N–H and O–H groups in total. The van der Waals surface area contributed by atoms with Gasteiger partial charge in [0.2, 0.25) is 0 Å². The second kappa shape index (κ2) is 7.56. The van der Waals surface area contributed by atoms with Gasteiger partial charge in [-0.3, -0.25) is 4.99 Å². The van der Waals surface area contributed by atoms with E-state index >= 15 is 0 Å². The Balaban J connectivity index is 0.00000289. The highest BCUT2D eigenvalue weighted by molar-refractivity contribution is 14.0. The summed E-state index contributed by atoms with van der Waals surface area (Å²) >= 11 is 0. The average molecular weight is 367 g/mol. The van der Waals surface area contributed by atoms with Gasteiger partial charge >= 0.3 is 0 Å².